The topological polar surface area (TPSA) is 52.5 Å². The molecule has 0 aliphatic rings. The van der Waals surface area contributed by atoms with Crippen LogP contribution in [0.25, 0.3) is 0 Å². The number of rotatable bonds is 19. The molecule has 0 fully saturated rings. The van der Waals surface area contributed by atoms with Gasteiger partial charge in [0.25, 0.3) is 0 Å². The van der Waals surface area contributed by atoms with E-state index in [1.165, 1.54) is 83.5 Å². The molecule has 0 aromatic carbocycles. The summed E-state index contributed by atoms with van der Waals surface area (Å²) in [5.74, 6) is 0. The SMILES string of the molecule is CCCCCCCCCCCCCCCCC(O)CNCC(C)O. The Bertz CT molecular complexity index is 234. The van der Waals surface area contributed by atoms with Crippen LogP contribution in [0.1, 0.15) is 110 Å². The van der Waals surface area contributed by atoms with Crippen LogP contribution >= 0.6 is 0 Å². The molecule has 0 bridgehead atoms. The number of hydrogen-bond acceptors (Lipinski definition) is 3. The molecule has 0 spiro atoms. The quantitative estimate of drug-likeness (QED) is 0.283. The number of unbranched alkanes of at least 4 members (excludes halogenated alkanes) is 13. The molecule has 0 saturated heterocycles. The smallest absolute Gasteiger partial charge is 0.0664 e. The fraction of sp³-hybridized carbons (Fsp3) is 1.00. The van der Waals surface area contributed by atoms with Gasteiger partial charge in [-0.25, -0.2) is 0 Å². The highest BCUT2D eigenvalue weighted by molar-refractivity contribution is 4.61. The monoisotopic (exact) mass is 343 g/mol. The Labute approximate surface area is 151 Å². The third kappa shape index (κ3) is 19.9. The molecule has 0 rings (SSSR count). The van der Waals surface area contributed by atoms with Crippen LogP contribution in [0.3, 0.4) is 0 Å². The molecule has 3 heteroatoms. The summed E-state index contributed by atoms with van der Waals surface area (Å²) >= 11 is 0. The van der Waals surface area contributed by atoms with Crippen LogP contribution in [0.5, 0.6) is 0 Å². The maximum Gasteiger partial charge on any atom is 0.0664 e. The van der Waals surface area contributed by atoms with Gasteiger partial charge in [0.1, 0.15) is 0 Å². The maximum atomic E-state index is 9.81. The zero-order valence-electron chi connectivity index (χ0n) is 16.6. The lowest BCUT2D eigenvalue weighted by molar-refractivity contribution is 0.144. The molecule has 24 heavy (non-hydrogen) atoms. The summed E-state index contributed by atoms with van der Waals surface area (Å²) in [6.07, 6.45) is 19.4. The first-order chi connectivity index (χ1) is 11.7. The molecule has 0 heterocycles. The van der Waals surface area contributed by atoms with Crippen LogP contribution in [0.2, 0.25) is 0 Å². The largest absolute Gasteiger partial charge is 0.392 e. The fourth-order valence-corrected chi connectivity index (χ4v) is 3.14. The molecule has 0 radical (unpaired) electrons. The van der Waals surface area contributed by atoms with Gasteiger partial charge in [0, 0.05) is 13.1 Å². The Morgan fingerprint density at radius 3 is 1.46 bits per heavy atom. The lowest BCUT2D eigenvalue weighted by Gasteiger charge is -2.12. The second-order valence-electron chi connectivity index (χ2n) is 7.55. The summed E-state index contributed by atoms with van der Waals surface area (Å²) in [5.41, 5.74) is 0. The third-order valence-corrected chi connectivity index (χ3v) is 4.71. The van der Waals surface area contributed by atoms with Crippen molar-refractivity contribution in [3.05, 3.63) is 0 Å². The van der Waals surface area contributed by atoms with Crippen LogP contribution in [0.4, 0.5) is 0 Å². The molecule has 146 valence electrons. The van der Waals surface area contributed by atoms with E-state index >= 15 is 0 Å². The molecule has 3 N–H and O–H groups in total. The highest BCUT2D eigenvalue weighted by Crippen LogP contribution is 2.13. The summed E-state index contributed by atoms with van der Waals surface area (Å²) < 4.78 is 0. The lowest BCUT2D eigenvalue weighted by atomic mass is 10.0. The molecule has 0 aromatic rings. The van der Waals surface area contributed by atoms with Crippen molar-refractivity contribution in [1.29, 1.82) is 0 Å². The molecule has 3 nitrogen and oxygen atoms in total. The predicted octanol–water partition coefficient (Wildman–Crippen LogP) is 5.19. The van der Waals surface area contributed by atoms with Crippen molar-refractivity contribution >= 4 is 0 Å². The number of nitrogens with one attached hydrogen (secondary N) is 1. The van der Waals surface area contributed by atoms with Crippen LogP contribution in [-0.4, -0.2) is 35.5 Å². The minimum atomic E-state index is -0.335. The zero-order chi connectivity index (χ0) is 17.9. The van der Waals surface area contributed by atoms with Gasteiger partial charge in [0.15, 0.2) is 0 Å². The molecule has 0 amide bonds. The summed E-state index contributed by atoms with van der Waals surface area (Å²) in [5, 5.41) is 22.0. The van der Waals surface area contributed by atoms with E-state index in [-0.39, 0.29) is 12.2 Å². The Hall–Kier alpha value is -0.120. The van der Waals surface area contributed by atoms with E-state index in [0.29, 0.717) is 13.1 Å². The first-order valence-corrected chi connectivity index (χ1v) is 10.7. The summed E-state index contributed by atoms with van der Waals surface area (Å²) in [6, 6.07) is 0. The van der Waals surface area contributed by atoms with E-state index in [0.717, 1.165) is 12.8 Å². The zero-order valence-corrected chi connectivity index (χ0v) is 16.6. The molecule has 0 aliphatic carbocycles. The molecule has 2 unspecified atom stereocenters. The Kier molecular flexibility index (Phi) is 19.1. The number of aliphatic hydroxyl groups excluding tert-OH is 2. The summed E-state index contributed by atoms with van der Waals surface area (Å²) in [6.45, 7) is 5.20. The minimum Gasteiger partial charge on any atom is -0.392 e. The van der Waals surface area contributed by atoms with E-state index in [1.54, 1.807) is 6.92 Å². The van der Waals surface area contributed by atoms with Crippen LogP contribution in [0.15, 0.2) is 0 Å². The fourth-order valence-electron chi connectivity index (χ4n) is 3.14. The molecule has 2 atom stereocenters. The van der Waals surface area contributed by atoms with Crippen molar-refractivity contribution in [1.82, 2.24) is 5.32 Å². The van der Waals surface area contributed by atoms with E-state index in [1.807, 2.05) is 0 Å². The predicted molar refractivity (Wildman–Crippen MR) is 105 cm³/mol. The minimum absolute atomic E-state index is 0.263. The third-order valence-electron chi connectivity index (χ3n) is 4.71. The van der Waals surface area contributed by atoms with E-state index in [2.05, 4.69) is 12.2 Å². The van der Waals surface area contributed by atoms with Crippen molar-refractivity contribution in [2.24, 2.45) is 0 Å². The average Bonchev–Trinajstić information content (AvgIpc) is 2.55. The van der Waals surface area contributed by atoms with Crippen LogP contribution in [-0.2, 0) is 0 Å². The van der Waals surface area contributed by atoms with Crippen molar-refractivity contribution in [3.63, 3.8) is 0 Å². The highest BCUT2D eigenvalue weighted by atomic mass is 16.3. The van der Waals surface area contributed by atoms with Gasteiger partial charge < -0.3 is 15.5 Å². The average molecular weight is 344 g/mol. The van der Waals surface area contributed by atoms with Gasteiger partial charge in [-0.1, -0.05) is 96.8 Å². The molecular weight excluding hydrogens is 298 g/mol. The Balaban J connectivity index is 3.09. The van der Waals surface area contributed by atoms with E-state index in [4.69, 9.17) is 5.11 Å². The van der Waals surface area contributed by atoms with Gasteiger partial charge in [0.05, 0.1) is 12.2 Å². The first-order valence-electron chi connectivity index (χ1n) is 10.7. The van der Waals surface area contributed by atoms with Crippen LogP contribution < -0.4 is 5.32 Å². The normalized spacial score (nSPS) is 14.0. The standard InChI is InChI=1S/C21H45NO2/c1-3-4-5-6-7-8-9-10-11-12-13-14-15-16-17-21(24)19-22-18-20(2)23/h20-24H,3-19H2,1-2H3. The number of aliphatic hydroxyl groups is 2. The molecular formula is C21H45NO2. The van der Waals surface area contributed by atoms with Gasteiger partial charge in [-0.05, 0) is 13.3 Å². The van der Waals surface area contributed by atoms with Gasteiger partial charge in [-0.15, -0.1) is 0 Å². The van der Waals surface area contributed by atoms with Crippen LogP contribution in [0, 0.1) is 0 Å². The summed E-state index contributed by atoms with van der Waals surface area (Å²) in [7, 11) is 0. The molecule has 0 aromatic heterocycles. The Morgan fingerprint density at radius 1 is 0.625 bits per heavy atom. The van der Waals surface area contributed by atoms with Crippen molar-refractivity contribution in [3.8, 4) is 0 Å². The molecule has 0 aliphatic heterocycles. The number of hydrogen-bond donors (Lipinski definition) is 3. The van der Waals surface area contributed by atoms with Crippen molar-refractivity contribution in [2.75, 3.05) is 13.1 Å². The lowest BCUT2D eigenvalue weighted by Crippen LogP contribution is -2.31. The van der Waals surface area contributed by atoms with E-state index in [9.17, 15) is 5.11 Å². The van der Waals surface area contributed by atoms with Gasteiger partial charge in [0.2, 0.25) is 0 Å². The molecule has 0 saturated carbocycles. The second kappa shape index (κ2) is 19.2. The van der Waals surface area contributed by atoms with E-state index < -0.39 is 0 Å². The summed E-state index contributed by atoms with van der Waals surface area (Å²) in [4.78, 5) is 0. The Morgan fingerprint density at radius 2 is 1.04 bits per heavy atom. The second-order valence-corrected chi connectivity index (χ2v) is 7.55. The van der Waals surface area contributed by atoms with Gasteiger partial charge in [-0.3, -0.25) is 0 Å². The van der Waals surface area contributed by atoms with Gasteiger partial charge >= 0.3 is 0 Å². The van der Waals surface area contributed by atoms with Crippen molar-refractivity contribution < 1.29 is 10.2 Å². The first kappa shape index (κ1) is 23.9. The van der Waals surface area contributed by atoms with Crippen molar-refractivity contribution in [2.45, 2.75) is 122 Å². The maximum absolute atomic E-state index is 9.81. The van der Waals surface area contributed by atoms with Gasteiger partial charge in [-0.2, -0.15) is 0 Å². The highest BCUT2D eigenvalue weighted by Gasteiger charge is 2.04.